The predicted molar refractivity (Wildman–Crippen MR) is 141 cm³/mol. The Balaban J connectivity index is 1.82. The number of hydrogen-bond donors (Lipinski definition) is 1. The van der Waals surface area contributed by atoms with E-state index in [1.165, 1.54) is 4.90 Å². The van der Waals surface area contributed by atoms with Crippen LogP contribution in [0.3, 0.4) is 0 Å². The number of anilines is 1. The topological polar surface area (TPSA) is 76.1 Å². The Labute approximate surface area is 215 Å². The minimum atomic E-state index is -0.858. The Kier molecular flexibility index (Phi) is 7.65. The van der Waals surface area contributed by atoms with Crippen LogP contribution in [0.15, 0.2) is 78.4 Å². The van der Waals surface area contributed by atoms with E-state index in [2.05, 4.69) is 13.8 Å². The second kappa shape index (κ2) is 10.9. The van der Waals surface area contributed by atoms with Crippen LogP contribution < -0.4 is 14.4 Å². The highest BCUT2D eigenvalue weighted by Gasteiger charge is 2.47. The quantitative estimate of drug-likeness (QED) is 0.218. The SMILES string of the molecule is CCOc1cccc(C2/C(=C(/O)c3ccc(OCC(C)C)cc3)C(=O)C(=O)N2c2ccc(Cl)cc2)c1. The zero-order chi connectivity index (χ0) is 25.8. The minimum absolute atomic E-state index is 0.000512. The highest BCUT2D eigenvalue weighted by Crippen LogP contribution is 2.43. The molecule has 1 unspecified atom stereocenters. The standard InChI is InChI=1S/C29H28ClNO5/c1-4-35-24-7-5-6-20(16-24)26-25(27(32)19-8-14-23(15-9-19)36-17-18(2)3)28(33)29(34)31(26)22-12-10-21(30)11-13-22/h5-16,18,26,32H,4,17H2,1-3H3/b27-25-. The summed E-state index contributed by atoms with van der Waals surface area (Å²) in [5.41, 5.74) is 1.53. The molecule has 0 spiro atoms. The summed E-state index contributed by atoms with van der Waals surface area (Å²) in [5, 5.41) is 11.8. The monoisotopic (exact) mass is 505 g/mol. The third-order valence-electron chi connectivity index (χ3n) is 5.75. The van der Waals surface area contributed by atoms with E-state index in [0.717, 1.165) is 0 Å². The molecule has 0 radical (unpaired) electrons. The lowest BCUT2D eigenvalue weighted by Gasteiger charge is -2.26. The molecule has 0 aromatic heterocycles. The van der Waals surface area contributed by atoms with Gasteiger partial charge in [-0.15, -0.1) is 0 Å². The van der Waals surface area contributed by atoms with Crippen molar-refractivity contribution in [2.45, 2.75) is 26.8 Å². The van der Waals surface area contributed by atoms with Crippen molar-refractivity contribution in [1.82, 2.24) is 0 Å². The lowest BCUT2D eigenvalue weighted by atomic mass is 9.95. The maximum atomic E-state index is 13.3. The molecule has 0 bridgehead atoms. The van der Waals surface area contributed by atoms with Crippen molar-refractivity contribution in [3.8, 4) is 11.5 Å². The van der Waals surface area contributed by atoms with Crippen LogP contribution in [-0.2, 0) is 9.59 Å². The zero-order valence-corrected chi connectivity index (χ0v) is 21.2. The van der Waals surface area contributed by atoms with E-state index < -0.39 is 17.7 Å². The number of ketones is 1. The van der Waals surface area contributed by atoms with Gasteiger partial charge in [-0.25, -0.2) is 0 Å². The molecule has 1 saturated heterocycles. The van der Waals surface area contributed by atoms with Gasteiger partial charge in [0.1, 0.15) is 17.3 Å². The van der Waals surface area contributed by atoms with Crippen LogP contribution >= 0.6 is 11.6 Å². The van der Waals surface area contributed by atoms with Crippen molar-refractivity contribution < 1.29 is 24.2 Å². The zero-order valence-electron chi connectivity index (χ0n) is 20.4. The molecule has 0 aliphatic carbocycles. The minimum Gasteiger partial charge on any atom is -0.507 e. The average molecular weight is 506 g/mol. The number of carbonyl (C=O) groups is 2. The summed E-state index contributed by atoms with van der Waals surface area (Å²) in [6.45, 7) is 7.02. The number of hydrogen-bond acceptors (Lipinski definition) is 5. The molecular formula is C29H28ClNO5. The van der Waals surface area contributed by atoms with Crippen LogP contribution in [0.1, 0.15) is 37.9 Å². The van der Waals surface area contributed by atoms with Gasteiger partial charge in [0.2, 0.25) is 0 Å². The Morgan fingerprint density at radius 1 is 0.972 bits per heavy atom. The summed E-state index contributed by atoms with van der Waals surface area (Å²) in [6, 6.07) is 19.8. The fourth-order valence-electron chi connectivity index (χ4n) is 4.08. The van der Waals surface area contributed by atoms with Gasteiger partial charge >= 0.3 is 0 Å². The molecule has 1 heterocycles. The number of rotatable bonds is 8. The smallest absolute Gasteiger partial charge is 0.300 e. The van der Waals surface area contributed by atoms with Gasteiger partial charge in [-0.2, -0.15) is 0 Å². The van der Waals surface area contributed by atoms with Crippen molar-refractivity contribution >= 4 is 34.7 Å². The van der Waals surface area contributed by atoms with E-state index in [0.29, 0.717) is 52.5 Å². The van der Waals surface area contributed by atoms with Crippen LogP contribution in [0.5, 0.6) is 11.5 Å². The molecule has 186 valence electrons. The van der Waals surface area contributed by atoms with Crippen LogP contribution in [0.25, 0.3) is 5.76 Å². The fourth-order valence-corrected chi connectivity index (χ4v) is 4.21. The summed E-state index contributed by atoms with van der Waals surface area (Å²) in [4.78, 5) is 28.0. The fraction of sp³-hybridized carbons (Fsp3) is 0.241. The van der Waals surface area contributed by atoms with Gasteiger partial charge in [-0.3, -0.25) is 14.5 Å². The summed E-state index contributed by atoms with van der Waals surface area (Å²) in [5.74, 6) is -0.135. The number of aliphatic hydroxyl groups excluding tert-OH is 1. The highest BCUT2D eigenvalue weighted by atomic mass is 35.5. The van der Waals surface area contributed by atoms with Crippen molar-refractivity contribution in [2.24, 2.45) is 5.92 Å². The third kappa shape index (κ3) is 5.24. The molecule has 0 saturated carbocycles. The second-order valence-electron chi connectivity index (χ2n) is 8.88. The van der Waals surface area contributed by atoms with Crippen molar-refractivity contribution in [2.75, 3.05) is 18.1 Å². The van der Waals surface area contributed by atoms with Gasteiger partial charge in [0, 0.05) is 16.3 Å². The summed E-state index contributed by atoms with van der Waals surface area (Å²) in [6.07, 6.45) is 0. The molecule has 36 heavy (non-hydrogen) atoms. The molecule has 1 amide bonds. The largest absolute Gasteiger partial charge is 0.507 e. The summed E-state index contributed by atoms with van der Waals surface area (Å²) < 4.78 is 11.4. The molecule has 6 nitrogen and oxygen atoms in total. The Hall–Kier alpha value is -3.77. The number of carbonyl (C=O) groups excluding carboxylic acids is 2. The van der Waals surface area contributed by atoms with E-state index >= 15 is 0 Å². The van der Waals surface area contributed by atoms with Gasteiger partial charge in [0.15, 0.2) is 0 Å². The van der Waals surface area contributed by atoms with Gasteiger partial charge in [0.05, 0.1) is 24.8 Å². The molecule has 3 aromatic rings. The van der Waals surface area contributed by atoms with Gasteiger partial charge in [-0.05, 0) is 79.1 Å². The summed E-state index contributed by atoms with van der Waals surface area (Å²) in [7, 11) is 0. The Morgan fingerprint density at radius 3 is 2.31 bits per heavy atom. The maximum absolute atomic E-state index is 13.3. The third-order valence-corrected chi connectivity index (χ3v) is 6.00. The van der Waals surface area contributed by atoms with Crippen LogP contribution in [0.2, 0.25) is 5.02 Å². The number of ether oxygens (including phenoxy) is 2. The van der Waals surface area contributed by atoms with E-state index in [1.54, 1.807) is 72.8 Å². The van der Waals surface area contributed by atoms with E-state index in [-0.39, 0.29) is 11.3 Å². The van der Waals surface area contributed by atoms with Crippen LogP contribution in [0, 0.1) is 5.92 Å². The van der Waals surface area contributed by atoms with Crippen molar-refractivity contribution in [3.05, 3.63) is 94.5 Å². The van der Waals surface area contributed by atoms with E-state index in [1.807, 2.05) is 6.92 Å². The van der Waals surface area contributed by atoms with E-state index in [4.69, 9.17) is 21.1 Å². The number of aliphatic hydroxyl groups is 1. The molecule has 1 N–H and O–H groups in total. The summed E-state index contributed by atoms with van der Waals surface area (Å²) >= 11 is 6.06. The molecule has 4 rings (SSSR count). The molecule has 3 aromatic carbocycles. The molecule has 7 heteroatoms. The van der Waals surface area contributed by atoms with Crippen LogP contribution in [-0.4, -0.2) is 30.0 Å². The van der Waals surface area contributed by atoms with Crippen LogP contribution in [0.4, 0.5) is 5.69 Å². The normalized spacial score (nSPS) is 17.0. The first kappa shape index (κ1) is 25.3. The van der Waals surface area contributed by atoms with Gasteiger partial charge < -0.3 is 14.6 Å². The highest BCUT2D eigenvalue weighted by molar-refractivity contribution is 6.51. The number of nitrogens with zero attached hydrogens (tertiary/aromatic N) is 1. The number of amides is 1. The first-order chi connectivity index (χ1) is 17.3. The Bertz CT molecular complexity index is 1280. The van der Waals surface area contributed by atoms with Gasteiger partial charge in [0.25, 0.3) is 11.7 Å². The number of halogens is 1. The average Bonchev–Trinajstić information content (AvgIpc) is 3.14. The molecule has 1 aliphatic heterocycles. The van der Waals surface area contributed by atoms with Gasteiger partial charge in [-0.1, -0.05) is 37.6 Å². The number of Topliss-reactive ketones (excluding diaryl/α,β-unsaturated/α-hetero) is 1. The molecular weight excluding hydrogens is 478 g/mol. The van der Waals surface area contributed by atoms with Crippen molar-refractivity contribution in [3.63, 3.8) is 0 Å². The predicted octanol–water partition coefficient (Wildman–Crippen LogP) is 6.40. The molecule has 1 aliphatic rings. The molecule has 1 fully saturated rings. The lowest BCUT2D eigenvalue weighted by molar-refractivity contribution is -0.132. The lowest BCUT2D eigenvalue weighted by Crippen LogP contribution is -2.29. The van der Waals surface area contributed by atoms with Crippen molar-refractivity contribution in [1.29, 1.82) is 0 Å². The first-order valence-electron chi connectivity index (χ1n) is 11.8. The molecule has 1 atom stereocenters. The first-order valence-corrected chi connectivity index (χ1v) is 12.2. The second-order valence-corrected chi connectivity index (χ2v) is 9.32. The number of benzene rings is 3. The van der Waals surface area contributed by atoms with E-state index in [9.17, 15) is 14.7 Å². The Morgan fingerprint density at radius 2 is 1.67 bits per heavy atom. The maximum Gasteiger partial charge on any atom is 0.300 e.